The number of halogens is 1. The van der Waals surface area contributed by atoms with Crippen LogP contribution in [0.1, 0.15) is 56.2 Å². The van der Waals surface area contributed by atoms with Gasteiger partial charge in [0.15, 0.2) is 0 Å². The number of nitrogens with zero attached hydrogens (tertiary/aromatic N) is 1. The fourth-order valence-corrected chi connectivity index (χ4v) is 5.08. The van der Waals surface area contributed by atoms with Gasteiger partial charge in [0.1, 0.15) is 12.6 Å². The Labute approximate surface area is 188 Å². The second-order valence-corrected chi connectivity index (χ2v) is 9.05. The van der Waals surface area contributed by atoms with Crippen molar-refractivity contribution in [2.24, 2.45) is 5.92 Å². The third-order valence-corrected chi connectivity index (χ3v) is 6.57. The molecule has 2 aromatic rings. The molecule has 31 heavy (non-hydrogen) atoms. The van der Waals surface area contributed by atoms with Gasteiger partial charge in [0.25, 0.3) is 0 Å². The molecule has 2 aromatic carbocycles. The summed E-state index contributed by atoms with van der Waals surface area (Å²) >= 11 is 6.11. The summed E-state index contributed by atoms with van der Waals surface area (Å²) in [5.41, 5.74) is 1.96. The number of cyclic esters (lactones) is 1. The minimum Gasteiger partial charge on any atom is -0.446 e. The lowest BCUT2D eigenvalue weighted by atomic mass is 9.76. The number of amides is 2. The molecule has 0 saturated carbocycles. The van der Waals surface area contributed by atoms with Crippen LogP contribution in [-0.4, -0.2) is 35.7 Å². The first-order chi connectivity index (χ1) is 14.9. The Hall–Kier alpha value is -2.37. The zero-order valence-electron chi connectivity index (χ0n) is 17.9. The maximum atomic E-state index is 13.5. The van der Waals surface area contributed by atoms with Crippen LogP contribution in [0, 0.1) is 5.92 Å². The maximum absolute atomic E-state index is 13.5. The van der Waals surface area contributed by atoms with Gasteiger partial charge in [0, 0.05) is 11.4 Å². The van der Waals surface area contributed by atoms with Crippen LogP contribution in [0.25, 0.3) is 0 Å². The van der Waals surface area contributed by atoms with Crippen molar-refractivity contribution < 1.29 is 19.1 Å². The lowest BCUT2D eigenvalue weighted by Gasteiger charge is -2.37. The topological polar surface area (TPSA) is 55.8 Å². The van der Waals surface area contributed by atoms with Crippen LogP contribution in [0.3, 0.4) is 0 Å². The number of imide groups is 1. The van der Waals surface area contributed by atoms with E-state index >= 15 is 0 Å². The van der Waals surface area contributed by atoms with Gasteiger partial charge in [-0.25, -0.2) is 9.69 Å². The van der Waals surface area contributed by atoms with Gasteiger partial charge in [0.05, 0.1) is 12.2 Å². The van der Waals surface area contributed by atoms with Crippen LogP contribution in [0.15, 0.2) is 54.6 Å². The molecule has 0 unspecified atom stereocenters. The highest BCUT2D eigenvalue weighted by atomic mass is 35.5. The van der Waals surface area contributed by atoms with Crippen LogP contribution in [-0.2, 0) is 14.3 Å². The fraction of sp³-hybridized carbons (Fsp3) is 0.440. The molecule has 2 aliphatic rings. The highest BCUT2D eigenvalue weighted by Crippen LogP contribution is 2.40. The molecule has 164 valence electrons. The minimum atomic E-state index is -0.567. The molecular weight excluding hydrogens is 414 g/mol. The Morgan fingerprint density at radius 3 is 2.35 bits per heavy atom. The molecule has 2 fully saturated rings. The molecule has 0 bridgehead atoms. The van der Waals surface area contributed by atoms with Crippen LogP contribution >= 0.6 is 11.6 Å². The predicted octanol–water partition coefficient (Wildman–Crippen LogP) is 5.74. The number of hydrogen-bond donors (Lipinski definition) is 0. The summed E-state index contributed by atoms with van der Waals surface area (Å²) in [6, 6.07) is 16.9. The molecule has 2 saturated heterocycles. The standard InChI is InChI=1S/C25H28ClNO4/c1-16-12-20(13-17(2)31-16)22(18-8-10-21(26)11-9-18)14-24(28)27-23(15-30-25(27)29)19-6-4-3-5-7-19/h3-11,16-17,20,22-23H,12-15H2,1-2H3/t16-,17-,22+,23+/m0/s1. The molecule has 2 aliphatic heterocycles. The van der Waals surface area contributed by atoms with E-state index in [0.29, 0.717) is 5.02 Å². The number of hydrogen-bond acceptors (Lipinski definition) is 4. The van der Waals surface area contributed by atoms with Gasteiger partial charge in [0.2, 0.25) is 5.91 Å². The fourth-order valence-electron chi connectivity index (χ4n) is 4.96. The smallest absolute Gasteiger partial charge is 0.417 e. The highest BCUT2D eigenvalue weighted by molar-refractivity contribution is 6.30. The Bertz CT molecular complexity index is 907. The lowest BCUT2D eigenvalue weighted by Crippen LogP contribution is -2.38. The van der Waals surface area contributed by atoms with Gasteiger partial charge >= 0.3 is 6.09 Å². The van der Waals surface area contributed by atoms with Crippen LogP contribution in [0.2, 0.25) is 5.02 Å². The molecule has 2 amide bonds. The van der Waals surface area contributed by atoms with Crippen molar-refractivity contribution in [2.75, 3.05) is 6.61 Å². The van der Waals surface area contributed by atoms with E-state index in [1.807, 2.05) is 54.6 Å². The number of ether oxygens (including phenoxy) is 2. The van der Waals surface area contributed by atoms with Crippen LogP contribution in [0.4, 0.5) is 4.79 Å². The average Bonchev–Trinajstić information content (AvgIpc) is 3.14. The normalized spacial score (nSPS) is 27.1. The van der Waals surface area contributed by atoms with Crippen molar-refractivity contribution in [3.8, 4) is 0 Å². The Balaban J connectivity index is 1.60. The molecule has 2 heterocycles. The Morgan fingerprint density at radius 2 is 1.71 bits per heavy atom. The van der Waals surface area contributed by atoms with Gasteiger partial charge in [-0.1, -0.05) is 54.1 Å². The molecule has 4 rings (SSSR count). The SMILES string of the molecule is C[C@H]1CC([C@H](CC(=O)N2C(=O)OC[C@@H]2c2ccccc2)c2ccc(Cl)cc2)C[C@H](C)O1. The van der Waals surface area contributed by atoms with Gasteiger partial charge < -0.3 is 9.47 Å². The molecule has 0 N–H and O–H groups in total. The second-order valence-electron chi connectivity index (χ2n) is 8.62. The molecule has 4 atom stereocenters. The van der Waals surface area contributed by atoms with E-state index < -0.39 is 6.09 Å². The summed E-state index contributed by atoms with van der Waals surface area (Å²) in [6.07, 6.45) is 1.68. The summed E-state index contributed by atoms with van der Waals surface area (Å²) in [6.45, 7) is 4.34. The number of carbonyl (C=O) groups is 2. The minimum absolute atomic E-state index is 0.0246. The number of benzene rings is 2. The first-order valence-corrected chi connectivity index (χ1v) is 11.2. The van der Waals surface area contributed by atoms with Gasteiger partial charge in [-0.15, -0.1) is 0 Å². The van der Waals surface area contributed by atoms with Gasteiger partial charge in [-0.3, -0.25) is 4.79 Å². The summed E-state index contributed by atoms with van der Waals surface area (Å²) in [5, 5.41) is 0.662. The van der Waals surface area contributed by atoms with Crippen molar-refractivity contribution in [1.29, 1.82) is 0 Å². The molecule has 5 nitrogen and oxygen atoms in total. The van der Waals surface area contributed by atoms with E-state index in [2.05, 4.69) is 13.8 Å². The molecule has 0 aromatic heterocycles. The largest absolute Gasteiger partial charge is 0.446 e. The first-order valence-electron chi connectivity index (χ1n) is 10.9. The van der Waals surface area contributed by atoms with E-state index in [-0.39, 0.29) is 49.0 Å². The number of rotatable bonds is 5. The second kappa shape index (κ2) is 9.41. The van der Waals surface area contributed by atoms with Gasteiger partial charge in [-0.05, 0) is 61.8 Å². The predicted molar refractivity (Wildman–Crippen MR) is 119 cm³/mol. The van der Waals surface area contributed by atoms with Crippen molar-refractivity contribution in [3.05, 3.63) is 70.7 Å². The molecule has 0 radical (unpaired) electrons. The Kier molecular flexibility index (Phi) is 6.63. The van der Waals surface area contributed by atoms with Crippen molar-refractivity contribution >= 4 is 23.6 Å². The molecule has 6 heteroatoms. The van der Waals surface area contributed by atoms with Crippen LogP contribution < -0.4 is 0 Å². The highest BCUT2D eigenvalue weighted by Gasteiger charge is 2.41. The summed E-state index contributed by atoms with van der Waals surface area (Å²) in [5.74, 6) is 0.0455. The first kappa shape index (κ1) is 21.8. The van der Waals surface area contributed by atoms with E-state index in [1.165, 1.54) is 4.90 Å². The lowest BCUT2D eigenvalue weighted by molar-refractivity contribution is -0.130. The summed E-state index contributed by atoms with van der Waals surface area (Å²) in [4.78, 5) is 27.2. The monoisotopic (exact) mass is 441 g/mol. The van der Waals surface area contributed by atoms with E-state index in [4.69, 9.17) is 21.1 Å². The molecule has 0 aliphatic carbocycles. The summed E-state index contributed by atoms with van der Waals surface area (Å²) in [7, 11) is 0. The zero-order chi connectivity index (χ0) is 22.0. The van der Waals surface area contributed by atoms with E-state index in [1.54, 1.807) is 0 Å². The quantitative estimate of drug-likeness (QED) is 0.593. The number of carbonyl (C=O) groups excluding carboxylic acids is 2. The molecular formula is C25H28ClNO4. The van der Waals surface area contributed by atoms with E-state index in [9.17, 15) is 9.59 Å². The maximum Gasteiger partial charge on any atom is 0.417 e. The van der Waals surface area contributed by atoms with E-state index in [0.717, 1.165) is 24.0 Å². The Morgan fingerprint density at radius 1 is 1.06 bits per heavy atom. The van der Waals surface area contributed by atoms with Crippen molar-refractivity contribution in [1.82, 2.24) is 4.90 Å². The van der Waals surface area contributed by atoms with Crippen LogP contribution in [0.5, 0.6) is 0 Å². The third-order valence-electron chi connectivity index (χ3n) is 6.32. The van der Waals surface area contributed by atoms with Crippen molar-refractivity contribution in [2.45, 2.75) is 57.3 Å². The third kappa shape index (κ3) is 4.94. The molecule has 0 spiro atoms. The zero-order valence-corrected chi connectivity index (χ0v) is 18.6. The van der Waals surface area contributed by atoms with Gasteiger partial charge in [-0.2, -0.15) is 0 Å². The average molecular weight is 442 g/mol. The summed E-state index contributed by atoms with van der Waals surface area (Å²) < 4.78 is 11.2. The van der Waals surface area contributed by atoms with Crippen molar-refractivity contribution in [3.63, 3.8) is 0 Å².